The first-order chi connectivity index (χ1) is 12.2. The number of hydrogen-bond acceptors (Lipinski definition) is 6. The van der Waals surface area contributed by atoms with Crippen molar-refractivity contribution in [3.8, 4) is 5.82 Å². The van der Waals surface area contributed by atoms with Crippen LogP contribution in [0, 0.1) is 0 Å². The zero-order valence-corrected chi connectivity index (χ0v) is 13.2. The summed E-state index contributed by atoms with van der Waals surface area (Å²) in [4.78, 5) is 35.9. The van der Waals surface area contributed by atoms with Gasteiger partial charge < -0.3 is 10.6 Å². The van der Waals surface area contributed by atoms with Gasteiger partial charge in [0, 0.05) is 42.8 Å². The third kappa shape index (κ3) is 4.44. The molecule has 0 radical (unpaired) electrons. The van der Waals surface area contributed by atoms with E-state index in [1.807, 2.05) is 0 Å². The highest BCUT2D eigenvalue weighted by Crippen LogP contribution is 2.06. The van der Waals surface area contributed by atoms with Crippen LogP contribution in [0.15, 0.2) is 55.5 Å². The minimum Gasteiger partial charge on any atom is -0.352 e. The molecule has 0 aliphatic rings. The van der Waals surface area contributed by atoms with Gasteiger partial charge in [0.25, 0.3) is 5.91 Å². The molecule has 0 atom stereocenters. The van der Waals surface area contributed by atoms with Crippen LogP contribution in [-0.2, 0) is 4.79 Å². The highest BCUT2D eigenvalue weighted by molar-refractivity contribution is 5.95. The van der Waals surface area contributed by atoms with Gasteiger partial charge in [-0.05, 0) is 24.3 Å². The smallest absolute Gasteiger partial charge is 0.251 e. The zero-order chi connectivity index (χ0) is 17.5. The van der Waals surface area contributed by atoms with Crippen molar-refractivity contribution in [2.45, 2.75) is 6.42 Å². The number of hydrogen-bond donors (Lipinski definition) is 2. The molecule has 0 aromatic carbocycles. The van der Waals surface area contributed by atoms with Crippen LogP contribution in [0.3, 0.4) is 0 Å². The molecule has 3 heterocycles. The van der Waals surface area contributed by atoms with Gasteiger partial charge in [-0.2, -0.15) is 5.10 Å². The van der Waals surface area contributed by atoms with Gasteiger partial charge in [0.2, 0.25) is 5.91 Å². The summed E-state index contributed by atoms with van der Waals surface area (Å²) in [5.74, 6) is 0.00518. The van der Waals surface area contributed by atoms with Crippen molar-refractivity contribution in [2.75, 3.05) is 11.9 Å². The summed E-state index contributed by atoms with van der Waals surface area (Å²) in [6.07, 6.45) is 7.74. The van der Waals surface area contributed by atoms with Crippen molar-refractivity contribution in [3.63, 3.8) is 0 Å². The molecular formula is C16H15N7O2. The first kappa shape index (κ1) is 16.2. The van der Waals surface area contributed by atoms with Gasteiger partial charge in [0.1, 0.15) is 12.7 Å². The highest BCUT2D eigenvalue weighted by atomic mass is 16.2. The number of amides is 2. The predicted octanol–water partition coefficient (Wildman–Crippen LogP) is 0.816. The van der Waals surface area contributed by atoms with Crippen molar-refractivity contribution >= 4 is 17.5 Å². The molecule has 0 saturated carbocycles. The van der Waals surface area contributed by atoms with Crippen molar-refractivity contribution in [1.82, 2.24) is 30.0 Å². The van der Waals surface area contributed by atoms with E-state index in [1.165, 1.54) is 23.5 Å². The van der Waals surface area contributed by atoms with Gasteiger partial charge in [-0.25, -0.2) is 14.6 Å². The fourth-order valence-corrected chi connectivity index (χ4v) is 2.06. The second-order valence-corrected chi connectivity index (χ2v) is 5.03. The lowest BCUT2D eigenvalue weighted by Gasteiger charge is -2.07. The van der Waals surface area contributed by atoms with Crippen LogP contribution in [0.5, 0.6) is 0 Å². The maximum absolute atomic E-state index is 12.2. The van der Waals surface area contributed by atoms with Gasteiger partial charge in [-0.3, -0.25) is 14.6 Å². The van der Waals surface area contributed by atoms with E-state index < -0.39 is 0 Å². The second kappa shape index (κ2) is 7.77. The van der Waals surface area contributed by atoms with E-state index in [0.717, 1.165) is 0 Å². The summed E-state index contributed by atoms with van der Waals surface area (Å²) in [6.45, 7) is 0.219. The third-order valence-electron chi connectivity index (χ3n) is 3.26. The highest BCUT2D eigenvalue weighted by Gasteiger charge is 2.09. The van der Waals surface area contributed by atoms with Crippen LogP contribution in [0.2, 0.25) is 0 Å². The number of anilines is 1. The van der Waals surface area contributed by atoms with Crippen LogP contribution < -0.4 is 10.6 Å². The summed E-state index contributed by atoms with van der Waals surface area (Å²) >= 11 is 0. The monoisotopic (exact) mass is 337 g/mol. The Morgan fingerprint density at radius 3 is 2.68 bits per heavy atom. The number of nitrogens with one attached hydrogen (secondary N) is 2. The Morgan fingerprint density at radius 2 is 1.92 bits per heavy atom. The van der Waals surface area contributed by atoms with E-state index in [4.69, 9.17) is 0 Å². The molecular weight excluding hydrogens is 322 g/mol. The number of carbonyl (C=O) groups is 2. The molecule has 0 spiro atoms. The van der Waals surface area contributed by atoms with E-state index in [0.29, 0.717) is 17.1 Å². The van der Waals surface area contributed by atoms with E-state index in [2.05, 4.69) is 30.7 Å². The molecule has 0 bridgehead atoms. The Bertz CT molecular complexity index is 850. The van der Waals surface area contributed by atoms with Crippen molar-refractivity contribution in [3.05, 3.63) is 61.1 Å². The Kier molecular flexibility index (Phi) is 5.05. The molecule has 9 heteroatoms. The fourth-order valence-electron chi connectivity index (χ4n) is 2.06. The Hall–Kier alpha value is -3.62. The molecule has 0 aliphatic heterocycles. The number of nitrogens with zero attached hydrogens (tertiary/aromatic N) is 5. The average molecular weight is 337 g/mol. The van der Waals surface area contributed by atoms with Crippen LogP contribution in [0.25, 0.3) is 5.82 Å². The van der Waals surface area contributed by atoms with Crippen LogP contribution in [-0.4, -0.2) is 43.1 Å². The maximum atomic E-state index is 12.2. The topological polar surface area (TPSA) is 115 Å². The first-order valence-electron chi connectivity index (χ1n) is 7.51. The predicted molar refractivity (Wildman–Crippen MR) is 89.0 cm³/mol. The van der Waals surface area contributed by atoms with Crippen LogP contribution in [0.1, 0.15) is 16.8 Å². The Labute approximate surface area is 143 Å². The van der Waals surface area contributed by atoms with Crippen molar-refractivity contribution in [1.29, 1.82) is 0 Å². The zero-order valence-electron chi connectivity index (χ0n) is 13.2. The number of carbonyl (C=O) groups excluding carboxylic acids is 2. The lowest BCUT2D eigenvalue weighted by molar-refractivity contribution is -0.116. The molecule has 126 valence electrons. The summed E-state index contributed by atoms with van der Waals surface area (Å²) in [5.41, 5.74) is 1.09. The molecule has 3 rings (SSSR count). The van der Waals surface area contributed by atoms with Gasteiger partial charge in [0.15, 0.2) is 5.82 Å². The minimum atomic E-state index is -0.291. The van der Waals surface area contributed by atoms with E-state index >= 15 is 0 Å². The normalized spacial score (nSPS) is 10.2. The summed E-state index contributed by atoms with van der Waals surface area (Å²) in [7, 11) is 0. The average Bonchev–Trinajstić information content (AvgIpc) is 3.17. The van der Waals surface area contributed by atoms with Crippen LogP contribution >= 0.6 is 0 Å². The lowest BCUT2D eigenvalue weighted by Crippen LogP contribution is -2.27. The summed E-state index contributed by atoms with van der Waals surface area (Å²) in [5, 5.41) is 9.39. The molecule has 0 fully saturated rings. The quantitative estimate of drug-likeness (QED) is 0.688. The standard InChI is InChI=1S/C16H15N7O2/c24-15(22-13-2-5-17-6-3-13)4-8-20-16(25)12-1-7-19-14(9-12)23-11-18-10-21-23/h1-3,5-7,9-11H,4,8H2,(H,20,25)(H,17,22,24). The van der Waals surface area contributed by atoms with Gasteiger partial charge in [-0.1, -0.05) is 0 Å². The molecule has 2 amide bonds. The SMILES string of the molecule is O=C(CCNC(=O)c1ccnc(-n2cncn2)c1)Nc1ccncc1. The fraction of sp³-hybridized carbons (Fsp3) is 0.125. The van der Waals surface area contributed by atoms with Crippen molar-refractivity contribution < 1.29 is 9.59 Å². The number of pyridine rings is 2. The largest absolute Gasteiger partial charge is 0.352 e. The molecule has 3 aromatic heterocycles. The van der Waals surface area contributed by atoms with E-state index in [-0.39, 0.29) is 24.8 Å². The third-order valence-corrected chi connectivity index (χ3v) is 3.26. The van der Waals surface area contributed by atoms with E-state index in [1.54, 1.807) is 36.7 Å². The number of rotatable bonds is 6. The minimum absolute atomic E-state index is 0.162. The van der Waals surface area contributed by atoms with Crippen LogP contribution in [0.4, 0.5) is 5.69 Å². The summed E-state index contributed by atoms with van der Waals surface area (Å²) in [6, 6.07) is 6.58. The number of aromatic nitrogens is 5. The van der Waals surface area contributed by atoms with Gasteiger partial charge >= 0.3 is 0 Å². The van der Waals surface area contributed by atoms with Gasteiger partial charge in [-0.15, -0.1) is 0 Å². The molecule has 2 N–H and O–H groups in total. The maximum Gasteiger partial charge on any atom is 0.251 e. The summed E-state index contributed by atoms with van der Waals surface area (Å²) < 4.78 is 1.46. The molecule has 9 nitrogen and oxygen atoms in total. The molecule has 0 saturated heterocycles. The molecule has 25 heavy (non-hydrogen) atoms. The second-order valence-electron chi connectivity index (χ2n) is 5.03. The lowest BCUT2D eigenvalue weighted by atomic mass is 10.2. The van der Waals surface area contributed by atoms with E-state index in [9.17, 15) is 9.59 Å². The molecule has 3 aromatic rings. The first-order valence-corrected chi connectivity index (χ1v) is 7.51. The Morgan fingerprint density at radius 1 is 1.08 bits per heavy atom. The molecule has 0 unspecified atom stereocenters. The van der Waals surface area contributed by atoms with Gasteiger partial charge in [0.05, 0.1) is 0 Å². The molecule has 0 aliphatic carbocycles. The Balaban J connectivity index is 1.51. The van der Waals surface area contributed by atoms with Crippen molar-refractivity contribution in [2.24, 2.45) is 0 Å².